The molecule has 0 spiro atoms. The standard InChI is InChI=1S/C14H21BO4/c1-18-12-7-8-14(13(9-12)15(16)17)19-10-11-5-3-2-4-6-11/h7-9,11,16-17H,2-6,10H2,1H3. The summed E-state index contributed by atoms with van der Waals surface area (Å²) in [6, 6.07) is 5.10. The van der Waals surface area contributed by atoms with Crippen molar-refractivity contribution >= 4 is 12.6 Å². The minimum atomic E-state index is -1.54. The first kappa shape index (κ1) is 14.2. The third-order valence-electron chi connectivity index (χ3n) is 3.69. The van der Waals surface area contributed by atoms with E-state index in [1.807, 2.05) is 0 Å². The molecular formula is C14H21BO4. The molecule has 104 valence electrons. The summed E-state index contributed by atoms with van der Waals surface area (Å²) in [7, 11) is 0.00210. The van der Waals surface area contributed by atoms with E-state index in [2.05, 4.69) is 0 Å². The third kappa shape index (κ3) is 3.88. The van der Waals surface area contributed by atoms with Gasteiger partial charge in [0.15, 0.2) is 0 Å². The highest BCUT2D eigenvalue weighted by molar-refractivity contribution is 6.59. The summed E-state index contributed by atoms with van der Waals surface area (Å²) in [6.07, 6.45) is 6.26. The second-order valence-corrected chi connectivity index (χ2v) is 5.09. The number of ether oxygens (including phenoxy) is 2. The first-order chi connectivity index (χ1) is 9.20. The Morgan fingerprint density at radius 1 is 1.21 bits per heavy atom. The van der Waals surface area contributed by atoms with E-state index in [9.17, 15) is 10.0 Å². The molecule has 0 unspecified atom stereocenters. The molecular weight excluding hydrogens is 243 g/mol. The Morgan fingerprint density at radius 3 is 2.58 bits per heavy atom. The molecule has 1 aromatic carbocycles. The maximum atomic E-state index is 9.38. The van der Waals surface area contributed by atoms with Crippen LogP contribution < -0.4 is 14.9 Å². The monoisotopic (exact) mass is 264 g/mol. The Labute approximate surface area is 114 Å². The van der Waals surface area contributed by atoms with Gasteiger partial charge in [-0.05, 0) is 37.0 Å². The molecule has 0 amide bonds. The number of benzene rings is 1. The van der Waals surface area contributed by atoms with Crippen LogP contribution in [-0.4, -0.2) is 30.9 Å². The van der Waals surface area contributed by atoms with Crippen LogP contribution in [-0.2, 0) is 0 Å². The van der Waals surface area contributed by atoms with E-state index in [-0.39, 0.29) is 0 Å². The van der Waals surface area contributed by atoms with Gasteiger partial charge >= 0.3 is 7.12 Å². The van der Waals surface area contributed by atoms with Crippen molar-refractivity contribution in [2.45, 2.75) is 32.1 Å². The van der Waals surface area contributed by atoms with Gasteiger partial charge < -0.3 is 19.5 Å². The fraction of sp³-hybridized carbons (Fsp3) is 0.571. The molecule has 0 heterocycles. The molecule has 0 saturated heterocycles. The van der Waals surface area contributed by atoms with Gasteiger partial charge in [0.2, 0.25) is 0 Å². The fourth-order valence-corrected chi connectivity index (χ4v) is 2.55. The van der Waals surface area contributed by atoms with E-state index in [0.29, 0.717) is 29.5 Å². The van der Waals surface area contributed by atoms with Crippen LogP contribution in [0.4, 0.5) is 0 Å². The van der Waals surface area contributed by atoms with Gasteiger partial charge in [-0.1, -0.05) is 19.3 Å². The minimum absolute atomic E-state index is 0.357. The van der Waals surface area contributed by atoms with Gasteiger partial charge in [0.05, 0.1) is 13.7 Å². The van der Waals surface area contributed by atoms with Gasteiger partial charge in [0.25, 0.3) is 0 Å². The highest BCUT2D eigenvalue weighted by atomic mass is 16.5. The highest BCUT2D eigenvalue weighted by Crippen LogP contribution is 2.24. The Bertz CT molecular complexity index is 402. The topological polar surface area (TPSA) is 58.9 Å². The van der Waals surface area contributed by atoms with Gasteiger partial charge in [-0.2, -0.15) is 0 Å². The quantitative estimate of drug-likeness (QED) is 0.788. The Balaban J connectivity index is 2.02. The molecule has 1 fully saturated rings. The molecule has 5 heteroatoms. The van der Waals surface area contributed by atoms with Crippen LogP contribution in [0.25, 0.3) is 0 Å². The molecule has 1 aliphatic rings. The zero-order valence-electron chi connectivity index (χ0n) is 11.3. The molecule has 0 aromatic heterocycles. The molecule has 1 saturated carbocycles. The van der Waals surface area contributed by atoms with Crippen molar-refractivity contribution in [2.75, 3.05) is 13.7 Å². The molecule has 19 heavy (non-hydrogen) atoms. The smallest absolute Gasteiger partial charge is 0.492 e. The number of methoxy groups -OCH3 is 1. The lowest BCUT2D eigenvalue weighted by Crippen LogP contribution is -2.32. The molecule has 2 rings (SSSR count). The summed E-state index contributed by atoms with van der Waals surface area (Å²) < 4.78 is 10.8. The van der Waals surface area contributed by atoms with E-state index < -0.39 is 7.12 Å². The largest absolute Gasteiger partial charge is 0.497 e. The van der Waals surface area contributed by atoms with Crippen LogP contribution in [0.1, 0.15) is 32.1 Å². The normalized spacial score (nSPS) is 16.2. The molecule has 1 aromatic rings. The van der Waals surface area contributed by atoms with Crippen LogP contribution in [0, 0.1) is 5.92 Å². The van der Waals surface area contributed by atoms with Crippen molar-refractivity contribution in [3.05, 3.63) is 18.2 Å². The average Bonchev–Trinajstić information content (AvgIpc) is 2.46. The van der Waals surface area contributed by atoms with Crippen LogP contribution >= 0.6 is 0 Å². The minimum Gasteiger partial charge on any atom is -0.497 e. The Hall–Kier alpha value is -1.20. The van der Waals surface area contributed by atoms with E-state index in [1.54, 1.807) is 25.3 Å². The summed E-state index contributed by atoms with van der Waals surface area (Å²) in [4.78, 5) is 0. The lowest BCUT2D eigenvalue weighted by molar-refractivity contribution is 0.209. The van der Waals surface area contributed by atoms with Crippen molar-refractivity contribution in [2.24, 2.45) is 5.92 Å². The van der Waals surface area contributed by atoms with Crippen LogP contribution in [0.2, 0.25) is 0 Å². The molecule has 1 aliphatic carbocycles. The zero-order valence-corrected chi connectivity index (χ0v) is 11.3. The zero-order chi connectivity index (χ0) is 13.7. The van der Waals surface area contributed by atoms with Gasteiger partial charge in [-0.25, -0.2) is 0 Å². The van der Waals surface area contributed by atoms with Crippen molar-refractivity contribution in [1.29, 1.82) is 0 Å². The van der Waals surface area contributed by atoms with Crippen LogP contribution in [0.3, 0.4) is 0 Å². The summed E-state index contributed by atoms with van der Waals surface area (Å²) in [6.45, 7) is 0.645. The van der Waals surface area contributed by atoms with Crippen molar-refractivity contribution < 1.29 is 19.5 Å². The summed E-state index contributed by atoms with van der Waals surface area (Å²) >= 11 is 0. The van der Waals surface area contributed by atoms with Crippen molar-refractivity contribution in [1.82, 2.24) is 0 Å². The third-order valence-corrected chi connectivity index (χ3v) is 3.69. The maximum absolute atomic E-state index is 9.38. The molecule has 4 nitrogen and oxygen atoms in total. The molecule has 0 radical (unpaired) electrons. The number of rotatable bonds is 5. The van der Waals surface area contributed by atoms with E-state index in [1.165, 1.54) is 32.1 Å². The highest BCUT2D eigenvalue weighted by Gasteiger charge is 2.20. The number of hydrogen-bond acceptors (Lipinski definition) is 4. The van der Waals surface area contributed by atoms with Crippen LogP contribution in [0.5, 0.6) is 11.5 Å². The van der Waals surface area contributed by atoms with E-state index >= 15 is 0 Å². The second kappa shape index (κ2) is 6.82. The van der Waals surface area contributed by atoms with Crippen LogP contribution in [0.15, 0.2) is 18.2 Å². The predicted molar refractivity (Wildman–Crippen MR) is 74.9 cm³/mol. The van der Waals surface area contributed by atoms with Crippen molar-refractivity contribution in [3.63, 3.8) is 0 Å². The first-order valence-electron chi connectivity index (χ1n) is 6.87. The molecule has 0 aliphatic heterocycles. The first-order valence-corrected chi connectivity index (χ1v) is 6.87. The van der Waals surface area contributed by atoms with E-state index in [4.69, 9.17) is 9.47 Å². The fourth-order valence-electron chi connectivity index (χ4n) is 2.55. The second-order valence-electron chi connectivity index (χ2n) is 5.09. The lowest BCUT2D eigenvalue weighted by Gasteiger charge is -2.22. The molecule has 2 N–H and O–H groups in total. The molecule has 0 bridgehead atoms. The Morgan fingerprint density at radius 2 is 1.95 bits per heavy atom. The van der Waals surface area contributed by atoms with E-state index in [0.717, 1.165) is 0 Å². The van der Waals surface area contributed by atoms with Gasteiger partial charge in [-0.3, -0.25) is 0 Å². The Kier molecular flexibility index (Phi) is 5.11. The average molecular weight is 264 g/mol. The lowest BCUT2D eigenvalue weighted by atomic mass is 9.79. The van der Waals surface area contributed by atoms with Gasteiger partial charge in [0, 0.05) is 5.46 Å². The van der Waals surface area contributed by atoms with Crippen molar-refractivity contribution in [3.8, 4) is 11.5 Å². The van der Waals surface area contributed by atoms with Gasteiger partial charge in [0.1, 0.15) is 11.5 Å². The maximum Gasteiger partial charge on any atom is 0.492 e. The number of hydrogen-bond donors (Lipinski definition) is 2. The summed E-state index contributed by atoms with van der Waals surface area (Å²) in [5, 5.41) is 18.8. The summed E-state index contributed by atoms with van der Waals surface area (Å²) in [5.74, 6) is 1.70. The SMILES string of the molecule is COc1ccc(OCC2CCCCC2)c(B(O)O)c1. The predicted octanol–water partition coefficient (Wildman–Crippen LogP) is 1.33. The summed E-state index contributed by atoms with van der Waals surface area (Å²) in [5.41, 5.74) is 0.357. The molecule has 0 atom stereocenters. The van der Waals surface area contributed by atoms with Gasteiger partial charge in [-0.15, -0.1) is 0 Å².